The third-order valence-corrected chi connectivity index (χ3v) is 5.68. The summed E-state index contributed by atoms with van der Waals surface area (Å²) in [7, 11) is 0. The minimum absolute atomic E-state index is 0.0686. The van der Waals surface area contributed by atoms with Crippen molar-refractivity contribution in [2.24, 2.45) is 0 Å². The number of hydrogen-bond acceptors (Lipinski definition) is 5. The molecule has 6 nitrogen and oxygen atoms in total. The molecule has 3 aromatic rings. The molecular formula is C19H20N4O2S. The lowest BCUT2D eigenvalue weighted by Gasteiger charge is -2.34. The molecule has 0 saturated carbocycles. The van der Waals surface area contributed by atoms with Gasteiger partial charge >= 0.3 is 0 Å². The van der Waals surface area contributed by atoms with Crippen molar-refractivity contribution in [3.05, 3.63) is 56.9 Å². The highest BCUT2D eigenvalue weighted by Crippen LogP contribution is 2.32. The van der Waals surface area contributed by atoms with Gasteiger partial charge in [0, 0.05) is 31.0 Å². The molecule has 1 aliphatic heterocycles. The van der Waals surface area contributed by atoms with E-state index in [0.717, 1.165) is 36.3 Å². The summed E-state index contributed by atoms with van der Waals surface area (Å²) < 4.78 is 0. The van der Waals surface area contributed by atoms with Gasteiger partial charge in [-0.3, -0.25) is 9.59 Å². The number of aromatic nitrogens is 3. The average molecular weight is 368 g/mol. The number of nitrogens with one attached hydrogen (secondary N) is 1. The second-order valence-corrected chi connectivity index (χ2v) is 7.42. The van der Waals surface area contributed by atoms with E-state index in [9.17, 15) is 9.59 Å². The molecule has 1 N–H and O–H groups in total. The van der Waals surface area contributed by atoms with Crippen LogP contribution in [-0.4, -0.2) is 32.3 Å². The van der Waals surface area contributed by atoms with E-state index in [1.807, 2.05) is 34.5 Å². The summed E-state index contributed by atoms with van der Waals surface area (Å²) in [5.74, 6) is 0.0688. The van der Waals surface area contributed by atoms with Crippen LogP contribution in [-0.2, 0) is 11.2 Å². The molecule has 134 valence electrons. The molecular weight excluding hydrogens is 348 g/mol. The van der Waals surface area contributed by atoms with E-state index in [1.54, 1.807) is 17.5 Å². The van der Waals surface area contributed by atoms with Crippen LogP contribution in [0.1, 0.15) is 42.4 Å². The molecule has 1 amide bonds. The number of benzene rings is 1. The molecule has 1 atom stereocenters. The number of H-pyrrole nitrogens is 1. The maximum Gasteiger partial charge on any atom is 0.270 e. The molecule has 0 aliphatic carbocycles. The first kappa shape index (κ1) is 16.9. The third-order valence-electron chi connectivity index (χ3n) is 4.81. The third kappa shape index (κ3) is 3.39. The Balaban J connectivity index is 1.49. The van der Waals surface area contributed by atoms with Crippen LogP contribution in [0.2, 0.25) is 0 Å². The van der Waals surface area contributed by atoms with E-state index in [4.69, 9.17) is 0 Å². The van der Waals surface area contributed by atoms with Gasteiger partial charge in [0.1, 0.15) is 10.7 Å². The Labute approximate surface area is 154 Å². The second kappa shape index (κ2) is 7.37. The van der Waals surface area contributed by atoms with Crippen molar-refractivity contribution in [2.45, 2.75) is 38.1 Å². The topological polar surface area (TPSA) is 79.0 Å². The van der Waals surface area contributed by atoms with Crippen LogP contribution < -0.4 is 5.56 Å². The lowest BCUT2D eigenvalue weighted by Crippen LogP contribution is -2.38. The maximum absolute atomic E-state index is 12.8. The van der Waals surface area contributed by atoms with E-state index in [1.165, 1.54) is 0 Å². The zero-order valence-corrected chi connectivity index (χ0v) is 15.2. The van der Waals surface area contributed by atoms with Gasteiger partial charge in [0.05, 0.1) is 17.1 Å². The number of nitrogens with zero attached hydrogens (tertiary/aromatic N) is 3. The fourth-order valence-corrected chi connectivity index (χ4v) is 4.28. The van der Waals surface area contributed by atoms with E-state index in [-0.39, 0.29) is 23.9 Å². The summed E-state index contributed by atoms with van der Waals surface area (Å²) in [4.78, 5) is 38.6. The molecule has 7 heteroatoms. The second-order valence-electron chi connectivity index (χ2n) is 6.50. The first-order valence-electron chi connectivity index (χ1n) is 8.89. The van der Waals surface area contributed by atoms with E-state index >= 15 is 0 Å². The molecule has 2 aromatic heterocycles. The summed E-state index contributed by atoms with van der Waals surface area (Å²) in [6.07, 6.45) is 5.50. The van der Waals surface area contributed by atoms with Crippen molar-refractivity contribution in [3.63, 3.8) is 0 Å². The number of carbonyl (C=O) groups excluding carboxylic acids is 1. The number of fused-ring (bicyclic) bond motifs is 1. The maximum atomic E-state index is 12.8. The fraction of sp³-hybridized carbons (Fsp3) is 0.368. The number of aromatic amines is 1. The van der Waals surface area contributed by atoms with Crippen molar-refractivity contribution in [1.82, 2.24) is 19.9 Å². The summed E-state index contributed by atoms with van der Waals surface area (Å²) in [5.41, 5.74) is 1.66. The smallest absolute Gasteiger partial charge is 0.270 e. The molecule has 1 saturated heterocycles. The Morgan fingerprint density at radius 1 is 1.31 bits per heavy atom. The number of aryl methyl sites for hydroxylation is 1. The zero-order chi connectivity index (χ0) is 17.9. The van der Waals surface area contributed by atoms with Gasteiger partial charge in [-0.25, -0.2) is 9.97 Å². The number of hydrogen-bond donors (Lipinski definition) is 1. The van der Waals surface area contributed by atoms with Crippen molar-refractivity contribution in [1.29, 1.82) is 0 Å². The number of rotatable bonds is 4. The van der Waals surface area contributed by atoms with Crippen LogP contribution in [0.4, 0.5) is 0 Å². The highest BCUT2D eigenvalue weighted by molar-refractivity contribution is 7.09. The number of para-hydroxylation sites is 2. The van der Waals surface area contributed by atoms with Gasteiger partial charge < -0.3 is 9.88 Å². The van der Waals surface area contributed by atoms with Gasteiger partial charge in [-0.2, -0.15) is 0 Å². The van der Waals surface area contributed by atoms with Crippen LogP contribution in [0, 0.1) is 0 Å². The van der Waals surface area contributed by atoms with Crippen LogP contribution in [0.5, 0.6) is 0 Å². The highest BCUT2D eigenvalue weighted by Gasteiger charge is 2.29. The summed E-state index contributed by atoms with van der Waals surface area (Å²) in [6, 6.07) is 7.50. The average Bonchev–Trinajstić information content (AvgIpc) is 3.20. The normalized spacial score (nSPS) is 17.5. The van der Waals surface area contributed by atoms with Crippen molar-refractivity contribution in [3.8, 4) is 0 Å². The Kier molecular flexibility index (Phi) is 4.79. The minimum atomic E-state index is -0.216. The van der Waals surface area contributed by atoms with Gasteiger partial charge in [0.25, 0.3) is 5.56 Å². The Morgan fingerprint density at radius 3 is 3.04 bits per heavy atom. The lowest BCUT2D eigenvalue weighted by atomic mass is 10.0. The predicted octanol–water partition coefficient (Wildman–Crippen LogP) is 3.07. The summed E-state index contributed by atoms with van der Waals surface area (Å²) >= 11 is 1.60. The number of thiazole rings is 1. The first-order valence-corrected chi connectivity index (χ1v) is 9.77. The number of likely N-dealkylation sites (tertiary alicyclic amines) is 1. The van der Waals surface area contributed by atoms with Gasteiger partial charge in [0.15, 0.2) is 0 Å². The molecule has 26 heavy (non-hydrogen) atoms. The van der Waals surface area contributed by atoms with Gasteiger partial charge in [0.2, 0.25) is 5.91 Å². The highest BCUT2D eigenvalue weighted by atomic mass is 32.1. The lowest BCUT2D eigenvalue weighted by molar-refractivity contribution is -0.135. The predicted molar refractivity (Wildman–Crippen MR) is 101 cm³/mol. The van der Waals surface area contributed by atoms with Crippen LogP contribution in [0.25, 0.3) is 11.0 Å². The number of amides is 1. The van der Waals surface area contributed by atoms with Gasteiger partial charge in [-0.05, 0) is 31.4 Å². The largest absolute Gasteiger partial charge is 0.333 e. The zero-order valence-electron chi connectivity index (χ0n) is 14.4. The van der Waals surface area contributed by atoms with Crippen molar-refractivity contribution in [2.75, 3.05) is 6.54 Å². The van der Waals surface area contributed by atoms with Crippen molar-refractivity contribution >= 4 is 28.3 Å². The molecule has 4 rings (SSSR count). The SMILES string of the molecule is O=C(CCc1nc2ccccc2[nH]c1=O)N1CCCCC1c1nccs1. The quantitative estimate of drug-likeness (QED) is 0.768. The first-order chi connectivity index (χ1) is 12.7. The molecule has 1 aliphatic rings. The van der Waals surface area contributed by atoms with Crippen LogP contribution in [0.15, 0.2) is 40.6 Å². The van der Waals surface area contributed by atoms with Crippen molar-refractivity contribution < 1.29 is 4.79 Å². The van der Waals surface area contributed by atoms with Gasteiger partial charge in [-0.1, -0.05) is 12.1 Å². The molecule has 0 radical (unpaired) electrons. The Hall–Kier alpha value is -2.54. The molecule has 1 fully saturated rings. The van der Waals surface area contributed by atoms with Crippen LogP contribution >= 0.6 is 11.3 Å². The molecule has 0 spiro atoms. The van der Waals surface area contributed by atoms with E-state index < -0.39 is 0 Å². The number of piperidine rings is 1. The summed E-state index contributed by atoms with van der Waals surface area (Å²) in [6.45, 7) is 0.755. The summed E-state index contributed by atoms with van der Waals surface area (Å²) in [5, 5.41) is 2.95. The standard InChI is InChI=1S/C19H20N4O2S/c24-17(23-11-4-3-7-16(23)19-20-10-12-26-19)9-8-15-18(25)22-14-6-2-1-5-13(14)21-15/h1-2,5-6,10,12,16H,3-4,7-9,11H2,(H,22,25). The van der Waals surface area contributed by atoms with E-state index in [0.29, 0.717) is 17.6 Å². The Morgan fingerprint density at radius 2 is 2.19 bits per heavy atom. The van der Waals surface area contributed by atoms with Gasteiger partial charge in [-0.15, -0.1) is 11.3 Å². The van der Waals surface area contributed by atoms with Crippen LogP contribution in [0.3, 0.4) is 0 Å². The van der Waals surface area contributed by atoms with E-state index in [2.05, 4.69) is 15.0 Å². The fourth-order valence-electron chi connectivity index (χ4n) is 3.49. The molecule has 1 unspecified atom stereocenters. The molecule has 0 bridgehead atoms. The number of carbonyl (C=O) groups is 1. The Bertz CT molecular complexity index is 967. The molecule has 3 heterocycles. The minimum Gasteiger partial charge on any atom is -0.333 e. The molecule has 1 aromatic carbocycles. The monoisotopic (exact) mass is 368 g/mol.